The molecular weight excluding hydrogens is 539 g/mol. The van der Waals surface area contributed by atoms with E-state index in [4.69, 9.17) is 9.47 Å². The number of ether oxygens (including phenoxy) is 2. The Morgan fingerprint density at radius 1 is 1.10 bits per heavy atom. The van der Waals surface area contributed by atoms with Gasteiger partial charge in [-0.15, -0.1) is 0 Å². The van der Waals surface area contributed by atoms with Crippen LogP contribution in [0.4, 0.5) is 21.0 Å². The number of rotatable bonds is 6. The first-order valence-corrected chi connectivity index (χ1v) is 14.1. The van der Waals surface area contributed by atoms with Crippen molar-refractivity contribution in [2.75, 3.05) is 25.5 Å². The SMILES string of the molecule is COc1nc(-c2nc(Nc3ccc(C4CCN(C(=O)OC(C)(C)C)CC4)cn3)ncc2F)cc2c1nc(C)n2C(C)C. The predicted octanol–water partition coefficient (Wildman–Crippen LogP) is 6.18. The Labute approximate surface area is 244 Å². The third kappa shape index (κ3) is 6.12. The molecule has 4 aromatic rings. The highest BCUT2D eigenvalue weighted by Gasteiger charge is 2.28. The van der Waals surface area contributed by atoms with E-state index < -0.39 is 11.4 Å². The van der Waals surface area contributed by atoms with Gasteiger partial charge >= 0.3 is 6.09 Å². The van der Waals surface area contributed by atoms with Gasteiger partial charge in [0.15, 0.2) is 11.3 Å². The molecule has 0 bridgehead atoms. The zero-order chi connectivity index (χ0) is 30.2. The number of amides is 1. The summed E-state index contributed by atoms with van der Waals surface area (Å²) in [6.07, 6.45) is 4.31. The molecule has 0 unspecified atom stereocenters. The summed E-state index contributed by atoms with van der Waals surface area (Å²) in [5.74, 6) is 1.50. The minimum absolute atomic E-state index is 0.0372. The molecule has 0 saturated carbocycles. The van der Waals surface area contributed by atoms with Gasteiger partial charge < -0.3 is 24.3 Å². The van der Waals surface area contributed by atoms with E-state index in [1.54, 1.807) is 11.0 Å². The number of aromatic nitrogens is 6. The number of carbonyl (C=O) groups excluding carboxylic acids is 1. The number of aryl methyl sites for hydroxylation is 1. The van der Waals surface area contributed by atoms with E-state index in [-0.39, 0.29) is 29.7 Å². The molecule has 42 heavy (non-hydrogen) atoms. The average molecular weight is 577 g/mol. The van der Waals surface area contributed by atoms with Crippen LogP contribution < -0.4 is 10.1 Å². The largest absolute Gasteiger partial charge is 0.479 e. The number of anilines is 2. The van der Waals surface area contributed by atoms with Crippen LogP contribution in [0.25, 0.3) is 22.4 Å². The number of piperidine rings is 1. The van der Waals surface area contributed by atoms with Crippen molar-refractivity contribution in [3.8, 4) is 17.3 Å². The molecule has 1 aliphatic rings. The third-order valence-electron chi connectivity index (χ3n) is 7.16. The van der Waals surface area contributed by atoms with Crippen molar-refractivity contribution in [3.63, 3.8) is 0 Å². The van der Waals surface area contributed by atoms with Gasteiger partial charge in [-0.3, -0.25) is 0 Å². The van der Waals surface area contributed by atoms with Crippen LogP contribution in [-0.2, 0) is 4.74 Å². The lowest BCUT2D eigenvalue weighted by Gasteiger charge is -2.33. The highest BCUT2D eigenvalue weighted by Crippen LogP contribution is 2.32. The Kier molecular flexibility index (Phi) is 7.98. The van der Waals surface area contributed by atoms with Crippen LogP contribution in [-0.4, -0.2) is 66.3 Å². The summed E-state index contributed by atoms with van der Waals surface area (Å²) in [6.45, 7) is 12.9. The van der Waals surface area contributed by atoms with E-state index in [1.165, 1.54) is 7.11 Å². The molecule has 1 saturated heterocycles. The Morgan fingerprint density at radius 2 is 1.83 bits per heavy atom. The van der Waals surface area contributed by atoms with Gasteiger partial charge in [0.1, 0.15) is 22.9 Å². The van der Waals surface area contributed by atoms with E-state index in [0.29, 0.717) is 36.0 Å². The second kappa shape index (κ2) is 11.5. The number of likely N-dealkylation sites (tertiary alicyclic amines) is 1. The summed E-state index contributed by atoms with van der Waals surface area (Å²) in [5, 5.41) is 3.07. The van der Waals surface area contributed by atoms with Gasteiger partial charge in [0, 0.05) is 25.3 Å². The maximum atomic E-state index is 15.0. The number of imidazole rings is 1. The molecule has 1 N–H and O–H groups in total. The number of nitrogens with zero attached hydrogens (tertiary/aromatic N) is 7. The van der Waals surface area contributed by atoms with Crippen molar-refractivity contribution in [3.05, 3.63) is 47.8 Å². The second-order valence-corrected chi connectivity index (χ2v) is 11.7. The number of hydrogen-bond acceptors (Lipinski definition) is 9. The van der Waals surface area contributed by atoms with Gasteiger partial charge in [-0.1, -0.05) is 6.07 Å². The fraction of sp³-hybridized carbons (Fsp3) is 0.467. The van der Waals surface area contributed by atoms with Crippen molar-refractivity contribution in [2.45, 2.75) is 71.9 Å². The molecule has 0 spiro atoms. The summed E-state index contributed by atoms with van der Waals surface area (Å²) in [7, 11) is 1.51. The minimum Gasteiger partial charge on any atom is -0.479 e. The van der Waals surface area contributed by atoms with Gasteiger partial charge in [0.25, 0.3) is 0 Å². The standard InChI is InChI=1S/C30H37FN8O3/c1-17(2)39-18(3)34-26-23(39)14-22(35-27(26)41-7)25-21(31)16-33-28(37-25)36-24-9-8-20(15-32-24)19-10-12-38(13-11-19)29(40)42-30(4,5)6/h8-9,14-17,19H,10-13H2,1-7H3,(H,32,33,36,37). The number of halogens is 1. The predicted molar refractivity (Wildman–Crippen MR) is 157 cm³/mol. The lowest BCUT2D eigenvalue weighted by atomic mass is 9.90. The minimum atomic E-state index is -0.609. The fourth-order valence-electron chi connectivity index (χ4n) is 5.26. The van der Waals surface area contributed by atoms with E-state index in [9.17, 15) is 4.79 Å². The molecule has 1 aliphatic heterocycles. The van der Waals surface area contributed by atoms with E-state index in [0.717, 1.165) is 35.9 Å². The summed E-state index contributed by atoms with van der Waals surface area (Å²) < 4.78 is 28.1. The Balaban J connectivity index is 1.32. The summed E-state index contributed by atoms with van der Waals surface area (Å²) >= 11 is 0. The first-order valence-electron chi connectivity index (χ1n) is 14.1. The molecule has 5 rings (SSSR count). The molecule has 0 atom stereocenters. The van der Waals surface area contributed by atoms with Crippen LogP contribution >= 0.6 is 0 Å². The monoisotopic (exact) mass is 576 g/mol. The van der Waals surface area contributed by atoms with Crippen molar-refractivity contribution < 1.29 is 18.7 Å². The van der Waals surface area contributed by atoms with Crippen LogP contribution in [0.15, 0.2) is 30.6 Å². The number of carbonyl (C=O) groups is 1. The summed E-state index contributed by atoms with van der Waals surface area (Å²) in [5.41, 5.74) is 2.32. The van der Waals surface area contributed by atoms with Crippen molar-refractivity contribution in [2.24, 2.45) is 0 Å². The molecule has 4 aromatic heterocycles. The van der Waals surface area contributed by atoms with Crippen LogP contribution in [0.2, 0.25) is 0 Å². The topological polar surface area (TPSA) is 120 Å². The smallest absolute Gasteiger partial charge is 0.410 e. The van der Waals surface area contributed by atoms with E-state index in [1.807, 2.05) is 50.6 Å². The van der Waals surface area contributed by atoms with Gasteiger partial charge in [0.2, 0.25) is 11.8 Å². The zero-order valence-corrected chi connectivity index (χ0v) is 25.1. The summed E-state index contributed by atoms with van der Waals surface area (Å²) in [6, 6.07) is 5.76. The van der Waals surface area contributed by atoms with E-state index in [2.05, 4.69) is 44.1 Å². The van der Waals surface area contributed by atoms with Gasteiger partial charge in [-0.05, 0) is 78.0 Å². The van der Waals surface area contributed by atoms with Crippen molar-refractivity contribution >= 4 is 28.9 Å². The fourth-order valence-corrected chi connectivity index (χ4v) is 5.26. The molecule has 12 heteroatoms. The highest BCUT2D eigenvalue weighted by atomic mass is 19.1. The van der Waals surface area contributed by atoms with Crippen LogP contribution in [0, 0.1) is 12.7 Å². The normalized spacial score (nSPS) is 14.5. The van der Waals surface area contributed by atoms with Crippen LogP contribution in [0.5, 0.6) is 5.88 Å². The number of hydrogen-bond donors (Lipinski definition) is 1. The van der Waals surface area contributed by atoms with Crippen molar-refractivity contribution in [1.82, 2.24) is 34.4 Å². The second-order valence-electron chi connectivity index (χ2n) is 11.7. The Bertz CT molecular complexity index is 1590. The maximum absolute atomic E-state index is 15.0. The molecule has 0 radical (unpaired) electrons. The van der Waals surface area contributed by atoms with E-state index >= 15 is 4.39 Å². The molecule has 222 valence electrons. The molecule has 0 aromatic carbocycles. The number of pyridine rings is 2. The molecular formula is C30H37FN8O3. The first-order chi connectivity index (χ1) is 19.9. The lowest BCUT2D eigenvalue weighted by molar-refractivity contribution is 0.0205. The Morgan fingerprint density at radius 3 is 2.45 bits per heavy atom. The number of fused-ring (bicyclic) bond motifs is 1. The van der Waals surface area contributed by atoms with Crippen molar-refractivity contribution in [1.29, 1.82) is 0 Å². The maximum Gasteiger partial charge on any atom is 0.410 e. The molecule has 5 heterocycles. The zero-order valence-electron chi connectivity index (χ0n) is 25.1. The molecule has 1 fully saturated rings. The van der Waals surface area contributed by atoms with Gasteiger partial charge in [-0.25, -0.2) is 34.1 Å². The molecule has 0 aliphatic carbocycles. The quantitative estimate of drug-likeness (QED) is 0.287. The molecule has 1 amide bonds. The average Bonchev–Trinajstić information content (AvgIpc) is 3.29. The van der Waals surface area contributed by atoms with Gasteiger partial charge in [0.05, 0.1) is 24.5 Å². The lowest BCUT2D eigenvalue weighted by Crippen LogP contribution is -2.41. The summed E-state index contributed by atoms with van der Waals surface area (Å²) in [4.78, 5) is 36.3. The van der Waals surface area contributed by atoms with Crippen LogP contribution in [0.3, 0.4) is 0 Å². The number of methoxy groups -OCH3 is 1. The number of nitrogens with one attached hydrogen (secondary N) is 1. The van der Waals surface area contributed by atoms with Crippen LogP contribution in [0.1, 0.15) is 70.8 Å². The highest BCUT2D eigenvalue weighted by molar-refractivity contribution is 5.85. The Hall–Kier alpha value is -4.35. The molecule has 11 nitrogen and oxygen atoms in total. The first kappa shape index (κ1) is 29.2. The third-order valence-corrected chi connectivity index (χ3v) is 7.16. The van der Waals surface area contributed by atoms with Gasteiger partial charge in [-0.2, -0.15) is 0 Å².